The number of aromatic amines is 1. The molecule has 3 N–H and O–H groups in total. The molecule has 1 atom stereocenters. The first-order valence-electron chi connectivity index (χ1n) is 7.25. The minimum absolute atomic E-state index is 0.130. The summed E-state index contributed by atoms with van der Waals surface area (Å²) in [5.41, 5.74) is 10.4. The van der Waals surface area contributed by atoms with Gasteiger partial charge >= 0.3 is 0 Å². The third-order valence-corrected chi connectivity index (χ3v) is 4.05. The number of aromatic nitrogens is 2. The lowest BCUT2D eigenvalue weighted by molar-refractivity contribution is 0.378. The van der Waals surface area contributed by atoms with Gasteiger partial charge in [0.1, 0.15) is 11.6 Å². The van der Waals surface area contributed by atoms with Gasteiger partial charge in [0.05, 0.1) is 11.5 Å². The van der Waals surface area contributed by atoms with Crippen LogP contribution in [0.3, 0.4) is 0 Å². The van der Waals surface area contributed by atoms with Gasteiger partial charge < -0.3 is 10.5 Å². The maximum atomic E-state index is 9.58. The summed E-state index contributed by atoms with van der Waals surface area (Å²) < 4.78 is 5.55. The van der Waals surface area contributed by atoms with E-state index in [9.17, 15) is 5.26 Å². The Kier molecular flexibility index (Phi) is 3.38. The van der Waals surface area contributed by atoms with E-state index in [-0.39, 0.29) is 17.7 Å². The summed E-state index contributed by atoms with van der Waals surface area (Å²) in [7, 11) is 0. The lowest BCUT2D eigenvalue weighted by atomic mass is 9.81. The highest BCUT2D eigenvalue weighted by molar-refractivity contribution is 5.56. The monoisotopic (exact) mass is 294 g/mol. The summed E-state index contributed by atoms with van der Waals surface area (Å²) in [6.45, 7) is 6.19. The third kappa shape index (κ3) is 2.04. The van der Waals surface area contributed by atoms with Crippen LogP contribution >= 0.6 is 0 Å². The van der Waals surface area contributed by atoms with Crippen LogP contribution in [0, 0.1) is 18.3 Å². The van der Waals surface area contributed by atoms with Crippen molar-refractivity contribution in [3.63, 3.8) is 0 Å². The van der Waals surface area contributed by atoms with Crippen molar-refractivity contribution in [2.24, 2.45) is 5.73 Å². The van der Waals surface area contributed by atoms with Crippen LogP contribution in [0.2, 0.25) is 0 Å². The minimum Gasteiger partial charge on any atom is -0.420 e. The molecule has 1 aromatic heterocycles. The Morgan fingerprint density at radius 3 is 2.73 bits per heavy atom. The molecule has 2 heterocycles. The zero-order valence-electron chi connectivity index (χ0n) is 12.8. The topological polar surface area (TPSA) is 87.7 Å². The second-order valence-electron chi connectivity index (χ2n) is 5.79. The highest BCUT2D eigenvalue weighted by atomic mass is 16.5. The molecule has 1 aromatic carbocycles. The average molecular weight is 294 g/mol. The number of nitrogens with two attached hydrogens (primary N) is 1. The van der Waals surface area contributed by atoms with Crippen LogP contribution in [0.15, 0.2) is 35.7 Å². The van der Waals surface area contributed by atoms with E-state index < -0.39 is 0 Å². The van der Waals surface area contributed by atoms with Gasteiger partial charge in [-0.3, -0.25) is 5.10 Å². The lowest BCUT2D eigenvalue weighted by Gasteiger charge is -2.25. The third-order valence-electron chi connectivity index (χ3n) is 4.05. The van der Waals surface area contributed by atoms with E-state index >= 15 is 0 Å². The number of hydrogen-bond acceptors (Lipinski definition) is 4. The van der Waals surface area contributed by atoms with Crippen LogP contribution in [-0.2, 0) is 0 Å². The molecule has 22 heavy (non-hydrogen) atoms. The van der Waals surface area contributed by atoms with Crippen molar-refractivity contribution in [2.45, 2.75) is 32.6 Å². The van der Waals surface area contributed by atoms with E-state index in [1.807, 2.05) is 31.2 Å². The Morgan fingerprint density at radius 1 is 1.36 bits per heavy atom. The summed E-state index contributed by atoms with van der Waals surface area (Å²) in [5.74, 6) is 0.593. The predicted octanol–water partition coefficient (Wildman–Crippen LogP) is 3.06. The van der Waals surface area contributed by atoms with Crippen molar-refractivity contribution in [3.8, 4) is 11.9 Å². The SMILES string of the molecule is Cc1ccccc1[C@@H]1C(C#N)=C(N)Oc2n[nH]c(C(C)C)c21. The number of nitrogens with zero attached hydrogens (tertiary/aromatic N) is 2. The van der Waals surface area contributed by atoms with Gasteiger partial charge in [-0.2, -0.15) is 5.26 Å². The van der Waals surface area contributed by atoms with Crippen molar-refractivity contribution in [2.75, 3.05) is 0 Å². The van der Waals surface area contributed by atoms with Gasteiger partial charge in [-0.05, 0) is 24.0 Å². The van der Waals surface area contributed by atoms with Crippen molar-refractivity contribution in [1.82, 2.24) is 10.2 Å². The Balaban J connectivity index is 2.29. The van der Waals surface area contributed by atoms with Gasteiger partial charge in [0.2, 0.25) is 11.8 Å². The van der Waals surface area contributed by atoms with Gasteiger partial charge in [0.25, 0.3) is 0 Å². The van der Waals surface area contributed by atoms with Gasteiger partial charge in [-0.15, -0.1) is 5.10 Å². The zero-order chi connectivity index (χ0) is 15.9. The molecule has 0 unspecified atom stereocenters. The van der Waals surface area contributed by atoms with Crippen molar-refractivity contribution < 1.29 is 4.74 Å². The maximum Gasteiger partial charge on any atom is 0.244 e. The lowest BCUT2D eigenvalue weighted by Crippen LogP contribution is -2.22. The fourth-order valence-electron chi connectivity index (χ4n) is 2.93. The Bertz CT molecular complexity index is 795. The fourth-order valence-corrected chi connectivity index (χ4v) is 2.93. The Hall–Kier alpha value is -2.74. The molecule has 0 aliphatic carbocycles. The molecule has 1 aliphatic heterocycles. The van der Waals surface area contributed by atoms with Crippen molar-refractivity contribution in [1.29, 1.82) is 5.26 Å². The predicted molar refractivity (Wildman–Crippen MR) is 83.2 cm³/mol. The zero-order valence-corrected chi connectivity index (χ0v) is 12.8. The van der Waals surface area contributed by atoms with Crippen LogP contribution in [0.1, 0.15) is 48.1 Å². The van der Waals surface area contributed by atoms with Gasteiger partial charge in [-0.1, -0.05) is 38.1 Å². The van der Waals surface area contributed by atoms with Gasteiger partial charge in [-0.25, -0.2) is 0 Å². The summed E-state index contributed by atoms with van der Waals surface area (Å²) in [6.07, 6.45) is 0. The number of H-pyrrole nitrogens is 1. The molecule has 0 bridgehead atoms. The average Bonchev–Trinajstić information content (AvgIpc) is 2.90. The molecular formula is C17H18N4O. The van der Waals surface area contributed by atoms with E-state index in [1.54, 1.807) is 0 Å². The van der Waals surface area contributed by atoms with E-state index in [0.717, 1.165) is 22.4 Å². The van der Waals surface area contributed by atoms with Crippen LogP contribution in [0.25, 0.3) is 0 Å². The van der Waals surface area contributed by atoms with E-state index in [4.69, 9.17) is 10.5 Å². The number of rotatable bonds is 2. The number of ether oxygens (including phenoxy) is 1. The first-order chi connectivity index (χ1) is 10.5. The molecule has 0 saturated heterocycles. The van der Waals surface area contributed by atoms with E-state index in [0.29, 0.717) is 11.5 Å². The highest BCUT2D eigenvalue weighted by Crippen LogP contribution is 2.45. The summed E-state index contributed by atoms with van der Waals surface area (Å²) in [6, 6.07) is 10.2. The maximum absolute atomic E-state index is 9.58. The molecule has 0 radical (unpaired) electrons. The number of hydrogen-bond donors (Lipinski definition) is 2. The second kappa shape index (κ2) is 5.23. The first kappa shape index (κ1) is 14.2. The Labute approximate surface area is 129 Å². The van der Waals surface area contributed by atoms with Crippen LogP contribution in [-0.4, -0.2) is 10.2 Å². The van der Waals surface area contributed by atoms with Gasteiger partial charge in [0.15, 0.2) is 0 Å². The normalized spacial score (nSPS) is 17.1. The smallest absolute Gasteiger partial charge is 0.244 e. The quantitative estimate of drug-likeness (QED) is 0.891. The molecule has 0 fully saturated rings. The van der Waals surface area contributed by atoms with Gasteiger partial charge in [0, 0.05) is 5.69 Å². The molecule has 3 rings (SSSR count). The molecule has 2 aromatic rings. The minimum atomic E-state index is -0.244. The Morgan fingerprint density at radius 2 is 2.09 bits per heavy atom. The summed E-state index contributed by atoms with van der Waals surface area (Å²) in [5, 5.41) is 16.8. The molecule has 5 heteroatoms. The molecule has 0 amide bonds. The number of benzene rings is 1. The molecule has 0 saturated carbocycles. The second-order valence-corrected chi connectivity index (χ2v) is 5.79. The van der Waals surface area contributed by atoms with Crippen molar-refractivity contribution >= 4 is 0 Å². The van der Waals surface area contributed by atoms with E-state index in [2.05, 4.69) is 30.1 Å². The fraction of sp³-hybridized carbons (Fsp3) is 0.294. The van der Waals surface area contributed by atoms with Crippen LogP contribution in [0.4, 0.5) is 0 Å². The van der Waals surface area contributed by atoms with Crippen molar-refractivity contribution in [3.05, 3.63) is 58.1 Å². The standard InChI is InChI=1S/C17H18N4O/c1-9(2)15-14-13(11-7-5-4-6-10(11)3)12(8-18)16(19)22-17(14)21-20-15/h4-7,9,13H,19H2,1-3H3,(H,20,21)/t13-/m1/s1. The number of fused-ring (bicyclic) bond motifs is 1. The van der Waals surface area contributed by atoms with Crippen LogP contribution in [0.5, 0.6) is 5.88 Å². The first-order valence-corrected chi connectivity index (χ1v) is 7.25. The molecule has 5 nitrogen and oxygen atoms in total. The summed E-state index contributed by atoms with van der Waals surface area (Å²) >= 11 is 0. The highest BCUT2D eigenvalue weighted by Gasteiger charge is 2.36. The summed E-state index contributed by atoms with van der Waals surface area (Å²) in [4.78, 5) is 0. The number of allylic oxidation sites excluding steroid dienone is 1. The number of nitriles is 1. The number of nitrogens with one attached hydrogen (secondary N) is 1. The number of aryl methyl sites for hydroxylation is 1. The molecule has 112 valence electrons. The largest absolute Gasteiger partial charge is 0.420 e. The van der Waals surface area contributed by atoms with E-state index in [1.165, 1.54) is 0 Å². The molecule has 1 aliphatic rings. The molecule has 0 spiro atoms. The van der Waals surface area contributed by atoms with Crippen LogP contribution < -0.4 is 10.5 Å². The molecular weight excluding hydrogens is 276 g/mol.